The summed E-state index contributed by atoms with van der Waals surface area (Å²) in [6, 6.07) is 18.8. The molecule has 34 heavy (non-hydrogen) atoms. The number of halogens is 2. The number of carbonyl (C=O) groups excluding carboxylic acids is 1. The molecule has 0 radical (unpaired) electrons. The van der Waals surface area contributed by atoms with Crippen LogP contribution in [0, 0.1) is 12.7 Å². The van der Waals surface area contributed by atoms with Crippen LogP contribution in [0.1, 0.15) is 5.56 Å². The zero-order valence-corrected chi connectivity index (χ0v) is 20.3. The number of carbonyl (C=O) groups is 1. The Morgan fingerprint density at radius 2 is 1.62 bits per heavy atom. The Morgan fingerprint density at radius 3 is 2.26 bits per heavy atom. The molecular formula is C25H25ClFN3O3S. The van der Waals surface area contributed by atoms with E-state index in [0.717, 1.165) is 27.7 Å². The molecule has 0 saturated carbocycles. The van der Waals surface area contributed by atoms with Gasteiger partial charge in [0.25, 0.3) is 10.0 Å². The van der Waals surface area contributed by atoms with Gasteiger partial charge in [0, 0.05) is 36.9 Å². The molecule has 9 heteroatoms. The maximum Gasteiger partial charge on any atom is 0.264 e. The number of sulfonamides is 1. The smallest absolute Gasteiger partial charge is 0.264 e. The van der Waals surface area contributed by atoms with Gasteiger partial charge in [-0.1, -0.05) is 35.9 Å². The predicted octanol–water partition coefficient (Wildman–Crippen LogP) is 4.33. The summed E-state index contributed by atoms with van der Waals surface area (Å²) in [6.07, 6.45) is 0. The molecule has 1 aliphatic rings. The predicted molar refractivity (Wildman–Crippen MR) is 132 cm³/mol. The Labute approximate surface area is 204 Å². The average molecular weight is 502 g/mol. The van der Waals surface area contributed by atoms with Crippen molar-refractivity contribution in [2.45, 2.75) is 11.8 Å². The van der Waals surface area contributed by atoms with Gasteiger partial charge in [-0.2, -0.15) is 0 Å². The molecule has 0 aliphatic carbocycles. The van der Waals surface area contributed by atoms with Crippen LogP contribution in [0.4, 0.5) is 15.8 Å². The van der Waals surface area contributed by atoms with Crippen molar-refractivity contribution in [3.8, 4) is 0 Å². The van der Waals surface area contributed by atoms with Crippen LogP contribution in [0.3, 0.4) is 0 Å². The molecular weight excluding hydrogens is 477 g/mol. The molecule has 1 heterocycles. The molecule has 3 aromatic carbocycles. The van der Waals surface area contributed by atoms with E-state index in [9.17, 15) is 17.6 Å². The molecule has 1 aliphatic heterocycles. The SMILES string of the molecule is Cc1ccc(Cl)cc1N1CCN(C(=O)CN(c2ccccc2)S(=O)(=O)c2ccc(F)cc2)CC1. The lowest BCUT2D eigenvalue weighted by molar-refractivity contribution is -0.129. The molecule has 1 saturated heterocycles. The van der Waals surface area contributed by atoms with Crippen LogP contribution >= 0.6 is 11.6 Å². The van der Waals surface area contributed by atoms with E-state index in [-0.39, 0.29) is 17.3 Å². The maximum absolute atomic E-state index is 13.4. The van der Waals surface area contributed by atoms with Crippen molar-refractivity contribution in [1.29, 1.82) is 0 Å². The fraction of sp³-hybridized carbons (Fsp3) is 0.240. The molecule has 0 bridgehead atoms. The molecule has 1 fully saturated rings. The van der Waals surface area contributed by atoms with E-state index in [1.54, 1.807) is 35.2 Å². The van der Waals surface area contributed by atoms with Crippen molar-refractivity contribution in [3.05, 3.63) is 89.2 Å². The lowest BCUT2D eigenvalue weighted by atomic mass is 10.1. The first-order valence-corrected chi connectivity index (χ1v) is 12.7. The van der Waals surface area contributed by atoms with Crippen LogP contribution in [0.2, 0.25) is 5.02 Å². The first-order valence-electron chi connectivity index (χ1n) is 10.9. The largest absolute Gasteiger partial charge is 0.368 e. The molecule has 1 amide bonds. The highest BCUT2D eigenvalue weighted by atomic mass is 35.5. The zero-order valence-electron chi connectivity index (χ0n) is 18.7. The summed E-state index contributed by atoms with van der Waals surface area (Å²) in [5, 5.41) is 0.656. The van der Waals surface area contributed by atoms with E-state index in [4.69, 9.17) is 11.6 Å². The van der Waals surface area contributed by atoms with E-state index >= 15 is 0 Å². The van der Waals surface area contributed by atoms with Gasteiger partial charge in [0.2, 0.25) is 5.91 Å². The van der Waals surface area contributed by atoms with E-state index in [1.807, 2.05) is 25.1 Å². The number of aryl methyl sites for hydroxylation is 1. The first-order chi connectivity index (χ1) is 16.3. The van der Waals surface area contributed by atoms with Gasteiger partial charge in [-0.05, 0) is 61.0 Å². The van der Waals surface area contributed by atoms with Crippen molar-refractivity contribution in [2.75, 3.05) is 41.9 Å². The van der Waals surface area contributed by atoms with E-state index < -0.39 is 15.8 Å². The summed E-state index contributed by atoms with van der Waals surface area (Å²) in [6.45, 7) is 3.82. The lowest BCUT2D eigenvalue weighted by Gasteiger charge is -2.37. The number of rotatable bonds is 6. The number of hydrogen-bond acceptors (Lipinski definition) is 4. The van der Waals surface area contributed by atoms with Gasteiger partial charge in [0.05, 0.1) is 10.6 Å². The minimum atomic E-state index is -4.07. The summed E-state index contributed by atoms with van der Waals surface area (Å²) in [5.41, 5.74) is 2.50. The monoisotopic (exact) mass is 501 g/mol. The van der Waals surface area contributed by atoms with E-state index in [0.29, 0.717) is 36.9 Å². The van der Waals surface area contributed by atoms with Crippen LogP contribution in [-0.2, 0) is 14.8 Å². The van der Waals surface area contributed by atoms with Gasteiger partial charge in [-0.3, -0.25) is 9.10 Å². The number of benzene rings is 3. The average Bonchev–Trinajstić information content (AvgIpc) is 2.84. The Morgan fingerprint density at radius 1 is 0.971 bits per heavy atom. The maximum atomic E-state index is 13.4. The van der Waals surface area contributed by atoms with Crippen molar-refractivity contribution in [3.63, 3.8) is 0 Å². The lowest BCUT2D eigenvalue weighted by Crippen LogP contribution is -2.52. The second kappa shape index (κ2) is 10.0. The fourth-order valence-electron chi connectivity index (χ4n) is 3.99. The fourth-order valence-corrected chi connectivity index (χ4v) is 5.57. The van der Waals surface area contributed by atoms with Gasteiger partial charge in [-0.15, -0.1) is 0 Å². The normalized spacial score (nSPS) is 14.2. The molecule has 0 spiro atoms. The third-order valence-electron chi connectivity index (χ3n) is 5.87. The number of anilines is 2. The molecule has 0 atom stereocenters. The third-order valence-corrected chi connectivity index (χ3v) is 7.89. The highest BCUT2D eigenvalue weighted by Gasteiger charge is 2.30. The van der Waals surface area contributed by atoms with Gasteiger partial charge in [-0.25, -0.2) is 12.8 Å². The van der Waals surface area contributed by atoms with Crippen LogP contribution in [0.5, 0.6) is 0 Å². The Kier molecular flexibility index (Phi) is 7.09. The second-order valence-electron chi connectivity index (χ2n) is 8.10. The Bertz CT molecular complexity index is 1260. The van der Waals surface area contributed by atoms with Gasteiger partial charge >= 0.3 is 0 Å². The van der Waals surface area contributed by atoms with Crippen LogP contribution in [-0.4, -0.2) is 51.9 Å². The highest BCUT2D eigenvalue weighted by Crippen LogP contribution is 2.26. The summed E-state index contributed by atoms with van der Waals surface area (Å²) in [5.74, 6) is -0.828. The summed E-state index contributed by atoms with van der Waals surface area (Å²) >= 11 is 6.16. The van der Waals surface area contributed by atoms with Crippen molar-refractivity contribution in [1.82, 2.24) is 4.90 Å². The van der Waals surface area contributed by atoms with Crippen molar-refractivity contribution >= 4 is 38.9 Å². The number of piperazine rings is 1. The first kappa shape index (κ1) is 24.0. The summed E-state index contributed by atoms with van der Waals surface area (Å²) < 4.78 is 41.2. The molecule has 0 N–H and O–H groups in total. The third kappa shape index (κ3) is 5.18. The summed E-state index contributed by atoms with van der Waals surface area (Å²) in [7, 11) is -4.07. The molecule has 3 aromatic rings. The molecule has 178 valence electrons. The van der Waals surface area contributed by atoms with Crippen molar-refractivity contribution in [2.24, 2.45) is 0 Å². The van der Waals surface area contributed by atoms with Crippen LogP contribution < -0.4 is 9.21 Å². The van der Waals surface area contributed by atoms with Gasteiger partial charge < -0.3 is 9.80 Å². The highest BCUT2D eigenvalue weighted by molar-refractivity contribution is 7.92. The second-order valence-corrected chi connectivity index (χ2v) is 10.4. The Hall–Kier alpha value is -3.10. The number of para-hydroxylation sites is 1. The topological polar surface area (TPSA) is 60.9 Å². The van der Waals surface area contributed by atoms with E-state index in [2.05, 4.69) is 4.90 Å². The number of nitrogens with zero attached hydrogens (tertiary/aromatic N) is 3. The molecule has 0 unspecified atom stereocenters. The number of amides is 1. The van der Waals surface area contributed by atoms with Crippen molar-refractivity contribution < 1.29 is 17.6 Å². The molecule has 0 aromatic heterocycles. The summed E-state index contributed by atoms with van der Waals surface area (Å²) in [4.78, 5) is 17.0. The molecule has 4 rings (SSSR count). The van der Waals surface area contributed by atoms with Crippen LogP contribution in [0.25, 0.3) is 0 Å². The van der Waals surface area contributed by atoms with Gasteiger partial charge in [0.1, 0.15) is 12.4 Å². The zero-order chi connectivity index (χ0) is 24.3. The standard InChI is InChI=1S/C25H25ClFN3O3S/c1-19-7-8-20(26)17-24(19)28-13-15-29(16-14-28)25(31)18-30(22-5-3-2-4-6-22)34(32,33)23-11-9-21(27)10-12-23/h2-12,17H,13-16,18H2,1H3. The van der Waals surface area contributed by atoms with Gasteiger partial charge in [0.15, 0.2) is 0 Å². The minimum absolute atomic E-state index is 0.0770. The quantitative estimate of drug-likeness (QED) is 0.504. The Balaban J connectivity index is 1.52. The number of hydrogen-bond donors (Lipinski definition) is 0. The minimum Gasteiger partial charge on any atom is -0.368 e. The van der Waals surface area contributed by atoms with E-state index in [1.165, 1.54) is 12.1 Å². The van der Waals surface area contributed by atoms with Crippen LogP contribution in [0.15, 0.2) is 77.7 Å². The molecule has 6 nitrogen and oxygen atoms in total.